The molecule has 1 aliphatic heterocycles. The first-order chi connectivity index (χ1) is 19.0. The second-order valence-corrected chi connectivity index (χ2v) is 12.2. The maximum atomic E-state index is 6.50. The van der Waals surface area contributed by atoms with Gasteiger partial charge in [0.05, 0.1) is 24.0 Å². The van der Waals surface area contributed by atoms with Gasteiger partial charge in [0.25, 0.3) is 0 Å². The van der Waals surface area contributed by atoms with Gasteiger partial charge in [-0.1, -0.05) is 35.8 Å². The number of fused-ring (bicyclic) bond motifs is 1. The molecular formula is C32H38Cl2N4O. The third-order valence-electron chi connectivity index (χ3n) is 8.62. The summed E-state index contributed by atoms with van der Waals surface area (Å²) in [4.78, 5) is 7.26. The van der Waals surface area contributed by atoms with Crippen LogP contribution in [0.1, 0.15) is 49.7 Å². The SMILES string of the molecule is C=C(c1cnc2ccc(-c3cc(Cl)c(C)c(Cl)c3)cc2c1N[C@H]1CC[C@H](OCN2CCNCC2)CC1)C1CC1. The van der Waals surface area contributed by atoms with Crippen molar-refractivity contribution in [3.05, 3.63) is 64.3 Å². The van der Waals surface area contributed by atoms with E-state index in [2.05, 4.69) is 40.3 Å². The fraction of sp³-hybridized carbons (Fsp3) is 0.469. The maximum absolute atomic E-state index is 6.50. The molecule has 2 aromatic carbocycles. The monoisotopic (exact) mass is 564 g/mol. The number of hydrogen-bond donors (Lipinski definition) is 2. The van der Waals surface area contributed by atoms with Gasteiger partial charge in [-0.15, -0.1) is 0 Å². The quantitative estimate of drug-likeness (QED) is 0.296. The van der Waals surface area contributed by atoms with Crippen molar-refractivity contribution in [3.63, 3.8) is 0 Å². The summed E-state index contributed by atoms with van der Waals surface area (Å²) in [6.45, 7) is 11.4. The van der Waals surface area contributed by atoms with E-state index in [1.54, 1.807) is 0 Å². The zero-order valence-electron chi connectivity index (χ0n) is 22.7. The first-order valence-electron chi connectivity index (χ1n) is 14.4. The molecule has 3 fully saturated rings. The predicted molar refractivity (Wildman–Crippen MR) is 164 cm³/mol. The fourth-order valence-electron chi connectivity index (χ4n) is 5.86. The molecule has 2 aliphatic carbocycles. The standard InChI is InChI=1S/C32H38Cl2N4O/c1-20(22-3-4-22)28-18-36-31-10-5-23(24-16-29(33)21(2)30(34)17-24)15-27(31)32(28)37-25-6-8-26(9-7-25)39-19-38-13-11-35-12-14-38/h5,10,15-18,22,25-26,35H,1,3-4,6-9,11-14,19H2,2H3,(H,36,37)/t25-,26-. The number of hydrogen-bond acceptors (Lipinski definition) is 5. The summed E-state index contributed by atoms with van der Waals surface area (Å²) < 4.78 is 6.31. The van der Waals surface area contributed by atoms with Gasteiger partial charge in [-0.05, 0) is 97.9 Å². The fourth-order valence-corrected chi connectivity index (χ4v) is 6.35. The lowest BCUT2D eigenvalue weighted by atomic mass is 9.91. The zero-order valence-corrected chi connectivity index (χ0v) is 24.3. The minimum Gasteiger partial charge on any atom is -0.381 e. The summed E-state index contributed by atoms with van der Waals surface area (Å²) in [5.41, 5.74) is 7.49. The van der Waals surface area contributed by atoms with Crippen molar-refractivity contribution in [1.29, 1.82) is 0 Å². The smallest absolute Gasteiger partial charge is 0.0994 e. The highest BCUT2D eigenvalue weighted by molar-refractivity contribution is 6.36. The van der Waals surface area contributed by atoms with Gasteiger partial charge in [0.15, 0.2) is 0 Å². The molecule has 1 saturated heterocycles. The molecular weight excluding hydrogens is 527 g/mol. The van der Waals surface area contributed by atoms with Crippen LogP contribution in [0, 0.1) is 12.8 Å². The average Bonchev–Trinajstić information content (AvgIpc) is 3.81. The average molecular weight is 566 g/mol. The number of benzene rings is 2. The molecule has 1 aromatic heterocycles. The van der Waals surface area contributed by atoms with Crippen molar-refractivity contribution in [1.82, 2.24) is 15.2 Å². The highest BCUT2D eigenvalue weighted by Crippen LogP contribution is 2.45. The van der Waals surface area contributed by atoms with Gasteiger partial charge in [0.1, 0.15) is 0 Å². The zero-order chi connectivity index (χ0) is 26.9. The summed E-state index contributed by atoms with van der Waals surface area (Å²) >= 11 is 13.0. The molecule has 3 aliphatic rings. The van der Waals surface area contributed by atoms with E-state index in [1.165, 1.54) is 18.4 Å². The van der Waals surface area contributed by atoms with Crippen LogP contribution in [0.15, 0.2) is 43.1 Å². The maximum Gasteiger partial charge on any atom is 0.0994 e. The van der Waals surface area contributed by atoms with Crippen LogP contribution in [0.3, 0.4) is 0 Å². The molecule has 0 radical (unpaired) electrons. The second-order valence-electron chi connectivity index (χ2n) is 11.4. The van der Waals surface area contributed by atoms with Gasteiger partial charge in [-0.2, -0.15) is 0 Å². The predicted octanol–water partition coefficient (Wildman–Crippen LogP) is 7.54. The minimum absolute atomic E-state index is 0.343. The molecule has 2 saturated carbocycles. The normalized spacial score (nSPS) is 22.2. The Labute approximate surface area is 241 Å². The number of nitrogens with zero attached hydrogens (tertiary/aromatic N) is 2. The van der Waals surface area contributed by atoms with Crippen molar-refractivity contribution in [2.75, 3.05) is 38.2 Å². The molecule has 39 heavy (non-hydrogen) atoms. The van der Waals surface area contributed by atoms with Crippen LogP contribution in [0.5, 0.6) is 0 Å². The Hall–Kier alpha value is -2.15. The van der Waals surface area contributed by atoms with Gasteiger partial charge in [-0.25, -0.2) is 0 Å². The van der Waals surface area contributed by atoms with Crippen molar-refractivity contribution >= 4 is 45.4 Å². The van der Waals surface area contributed by atoms with E-state index >= 15 is 0 Å². The van der Waals surface area contributed by atoms with Gasteiger partial charge in [-0.3, -0.25) is 9.88 Å². The lowest BCUT2D eigenvalue weighted by Crippen LogP contribution is -2.45. The molecule has 0 bridgehead atoms. The number of pyridine rings is 1. The van der Waals surface area contributed by atoms with Crippen LogP contribution >= 0.6 is 23.2 Å². The molecule has 206 valence electrons. The van der Waals surface area contributed by atoms with Crippen LogP contribution < -0.4 is 10.6 Å². The first kappa shape index (κ1) is 27.0. The number of ether oxygens (including phenoxy) is 1. The highest BCUT2D eigenvalue weighted by atomic mass is 35.5. The molecule has 6 rings (SSSR count). The largest absolute Gasteiger partial charge is 0.381 e. The molecule has 5 nitrogen and oxygen atoms in total. The molecule has 0 spiro atoms. The Balaban J connectivity index is 1.24. The number of allylic oxidation sites excluding steroid dienone is 1. The Morgan fingerprint density at radius 3 is 2.44 bits per heavy atom. The summed E-state index contributed by atoms with van der Waals surface area (Å²) in [5.74, 6) is 0.566. The molecule has 2 N–H and O–H groups in total. The molecule has 3 aromatic rings. The van der Waals surface area contributed by atoms with E-state index in [1.807, 2.05) is 25.3 Å². The summed E-state index contributed by atoms with van der Waals surface area (Å²) in [6, 6.07) is 10.8. The number of aromatic nitrogens is 1. The third kappa shape index (κ3) is 6.13. The van der Waals surface area contributed by atoms with Crippen molar-refractivity contribution in [3.8, 4) is 11.1 Å². The van der Waals surface area contributed by atoms with Crippen LogP contribution in [-0.2, 0) is 4.74 Å². The summed E-state index contributed by atoms with van der Waals surface area (Å²) in [7, 11) is 0. The van der Waals surface area contributed by atoms with Gasteiger partial charge in [0, 0.05) is 59.4 Å². The Kier molecular flexibility index (Phi) is 8.15. The lowest BCUT2D eigenvalue weighted by Gasteiger charge is -2.33. The van der Waals surface area contributed by atoms with E-state index in [-0.39, 0.29) is 0 Å². The van der Waals surface area contributed by atoms with Gasteiger partial charge in [0.2, 0.25) is 0 Å². The third-order valence-corrected chi connectivity index (χ3v) is 9.41. The van der Waals surface area contributed by atoms with Crippen LogP contribution in [-0.4, -0.2) is 54.9 Å². The Bertz CT molecular complexity index is 1330. The summed E-state index contributed by atoms with van der Waals surface area (Å²) in [5, 5.41) is 9.86. The minimum atomic E-state index is 0.343. The van der Waals surface area contributed by atoms with Crippen molar-refractivity contribution < 1.29 is 4.74 Å². The molecule has 0 atom stereocenters. The summed E-state index contributed by atoms with van der Waals surface area (Å²) in [6.07, 6.45) is 9.14. The lowest BCUT2D eigenvalue weighted by molar-refractivity contribution is -0.0413. The van der Waals surface area contributed by atoms with E-state index in [0.717, 1.165) is 97.4 Å². The second kappa shape index (κ2) is 11.8. The topological polar surface area (TPSA) is 49.4 Å². The molecule has 7 heteroatoms. The Morgan fingerprint density at radius 2 is 1.74 bits per heavy atom. The van der Waals surface area contributed by atoms with Gasteiger partial charge < -0.3 is 15.4 Å². The van der Waals surface area contributed by atoms with Crippen LogP contribution in [0.25, 0.3) is 27.6 Å². The first-order valence-corrected chi connectivity index (χ1v) is 15.1. The van der Waals surface area contributed by atoms with E-state index < -0.39 is 0 Å². The Morgan fingerprint density at radius 1 is 1.03 bits per heavy atom. The molecule has 0 unspecified atom stereocenters. The molecule has 0 amide bonds. The number of piperazine rings is 1. The number of halogens is 2. The van der Waals surface area contributed by atoms with E-state index in [0.29, 0.717) is 28.1 Å². The van der Waals surface area contributed by atoms with Crippen molar-refractivity contribution in [2.45, 2.75) is 57.6 Å². The molecule has 2 heterocycles. The number of rotatable bonds is 8. The highest BCUT2D eigenvalue weighted by Gasteiger charge is 2.29. The van der Waals surface area contributed by atoms with Gasteiger partial charge >= 0.3 is 0 Å². The van der Waals surface area contributed by atoms with E-state index in [4.69, 9.17) is 32.9 Å². The van der Waals surface area contributed by atoms with Crippen LogP contribution in [0.2, 0.25) is 10.0 Å². The number of nitrogens with one attached hydrogen (secondary N) is 2. The number of anilines is 1. The van der Waals surface area contributed by atoms with Crippen molar-refractivity contribution in [2.24, 2.45) is 5.92 Å². The van der Waals surface area contributed by atoms with E-state index in [9.17, 15) is 0 Å². The van der Waals surface area contributed by atoms with Crippen LogP contribution in [0.4, 0.5) is 5.69 Å².